The molecule has 1 spiro atoms. The number of aliphatic hydroxyl groups excluding tert-OH is 1. The van der Waals surface area contributed by atoms with E-state index in [9.17, 15) is 19.5 Å². The molecule has 1 N–H and O–H groups in total. The number of hydrogen-bond donors (Lipinski definition) is 1. The zero-order chi connectivity index (χ0) is 30.5. The molecular formula is C35H41N3O5. The number of benzene rings is 2. The van der Waals surface area contributed by atoms with Crippen LogP contribution in [0.4, 0.5) is 5.69 Å². The van der Waals surface area contributed by atoms with Crippen molar-refractivity contribution in [2.75, 3.05) is 24.6 Å². The number of anilines is 1. The second kappa shape index (κ2) is 11.4. The van der Waals surface area contributed by atoms with Crippen LogP contribution in [0.5, 0.6) is 0 Å². The zero-order valence-corrected chi connectivity index (χ0v) is 25.3. The van der Waals surface area contributed by atoms with E-state index in [1.54, 1.807) is 14.7 Å². The summed E-state index contributed by atoms with van der Waals surface area (Å²) in [6.45, 7) is 8.87. The average Bonchev–Trinajstić information content (AvgIpc) is 3.31. The number of carbonyl (C=O) groups excluding carboxylic acids is 3. The van der Waals surface area contributed by atoms with Crippen LogP contribution < -0.4 is 4.90 Å². The van der Waals surface area contributed by atoms with E-state index in [0.29, 0.717) is 26.1 Å². The van der Waals surface area contributed by atoms with Gasteiger partial charge in [-0.15, -0.1) is 0 Å². The Hall–Kier alpha value is -3.75. The first-order valence-corrected chi connectivity index (χ1v) is 15.3. The average molecular weight is 584 g/mol. The van der Waals surface area contributed by atoms with Crippen molar-refractivity contribution in [3.8, 4) is 0 Å². The van der Waals surface area contributed by atoms with Gasteiger partial charge < -0.3 is 24.5 Å². The third kappa shape index (κ3) is 4.90. The second-order valence-corrected chi connectivity index (χ2v) is 12.8. The Morgan fingerprint density at radius 1 is 0.977 bits per heavy atom. The minimum atomic E-state index is -1.34. The Bertz CT molecular complexity index is 1470. The van der Waals surface area contributed by atoms with Gasteiger partial charge in [0.2, 0.25) is 11.8 Å². The van der Waals surface area contributed by atoms with Gasteiger partial charge in [0.05, 0.1) is 30.6 Å². The van der Waals surface area contributed by atoms with Crippen LogP contribution in [0.15, 0.2) is 72.8 Å². The monoisotopic (exact) mass is 583 g/mol. The minimum Gasteiger partial charge on any atom is -0.394 e. The van der Waals surface area contributed by atoms with Crippen LogP contribution in [0.25, 0.3) is 0 Å². The van der Waals surface area contributed by atoms with E-state index >= 15 is 0 Å². The SMILES string of the molecule is Cc1ccc(C)c(N2CC=C[C@]34O[C@H]5C=CCN(Cc6ccccc6)C(=O)[C@H]5[C@H]3C(=O)N([C@@H](CO)CC(C)C)C4C2=O)c1. The Morgan fingerprint density at radius 3 is 2.47 bits per heavy atom. The first kappa shape index (κ1) is 29.3. The van der Waals surface area contributed by atoms with Crippen LogP contribution in [-0.2, 0) is 25.7 Å². The molecule has 2 fully saturated rings. The molecule has 6 rings (SSSR count). The number of nitrogens with zero attached hydrogens (tertiary/aromatic N) is 3. The number of ether oxygens (including phenoxy) is 1. The van der Waals surface area contributed by atoms with Gasteiger partial charge in [-0.3, -0.25) is 14.4 Å². The second-order valence-electron chi connectivity index (χ2n) is 12.8. The third-order valence-corrected chi connectivity index (χ3v) is 9.40. The molecule has 43 heavy (non-hydrogen) atoms. The Kier molecular flexibility index (Phi) is 7.77. The van der Waals surface area contributed by atoms with E-state index in [1.165, 1.54) is 0 Å². The fraction of sp³-hybridized carbons (Fsp3) is 0.457. The molecule has 0 aromatic heterocycles. The highest BCUT2D eigenvalue weighted by Crippen LogP contribution is 2.54. The van der Waals surface area contributed by atoms with Crippen LogP contribution in [0.3, 0.4) is 0 Å². The van der Waals surface area contributed by atoms with Crippen molar-refractivity contribution >= 4 is 23.4 Å². The predicted octanol–water partition coefficient (Wildman–Crippen LogP) is 3.79. The number of amides is 3. The lowest BCUT2D eigenvalue weighted by atomic mass is 9.77. The molecule has 2 aromatic rings. The number of aryl methyl sites for hydroxylation is 2. The van der Waals surface area contributed by atoms with Crippen LogP contribution in [-0.4, -0.2) is 76.1 Å². The molecule has 3 amide bonds. The lowest BCUT2D eigenvalue weighted by molar-refractivity contribution is -0.147. The number of likely N-dealkylation sites (tertiary alicyclic amines) is 1. The molecule has 8 nitrogen and oxygen atoms in total. The molecule has 226 valence electrons. The van der Waals surface area contributed by atoms with Gasteiger partial charge in [-0.2, -0.15) is 0 Å². The van der Waals surface area contributed by atoms with Crippen molar-refractivity contribution < 1.29 is 24.2 Å². The van der Waals surface area contributed by atoms with Gasteiger partial charge in [-0.05, 0) is 48.9 Å². The lowest BCUT2D eigenvalue weighted by Crippen LogP contribution is -2.58. The van der Waals surface area contributed by atoms with Crippen molar-refractivity contribution in [2.24, 2.45) is 17.8 Å². The largest absolute Gasteiger partial charge is 0.394 e. The zero-order valence-electron chi connectivity index (χ0n) is 25.3. The van der Waals surface area contributed by atoms with Crippen molar-refractivity contribution in [1.82, 2.24) is 9.80 Å². The van der Waals surface area contributed by atoms with E-state index in [-0.39, 0.29) is 30.2 Å². The van der Waals surface area contributed by atoms with Gasteiger partial charge in [0.25, 0.3) is 5.91 Å². The van der Waals surface area contributed by atoms with Gasteiger partial charge in [0.1, 0.15) is 11.6 Å². The fourth-order valence-corrected chi connectivity index (χ4v) is 7.51. The molecular weight excluding hydrogens is 542 g/mol. The Morgan fingerprint density at radius 2 is 1.74 bits per heavy atom. The molecule has 6 atom stereocenters. The van der Waals surface area contributed by atoms with E-state index in [4.69, 9.17) is 4.74 Å². The summed E-state index contributed by atoms with van der Waals surface area (Å²) in [4.78, 5) is 48.8. The predicted molar refractivity (Wildman–Crippen MR) is 164 cm³/mol. The molecule has 4 heterocycles. The smallest absolute Gasteiger partial charge is 0.253 e. The number of rotatable bonds is 7. The maximum absolute atomic E-state index is 14.8. The van der Waals surface area contributed by atoms with Crippen molar-refractivity contribution in [2.45, 2.75) is 64.4 Å². The van der Waals surface area contributed by atoms with Crippen molar-refractivity contribution in [3.05, 3.63) is 89.5 Å². The number of carbonyl (C=O) groups is 3. The topological polar surface area (TPSA) is 90.4 Å². The summed E-state index contributed by atoms with van der Waals surface area (Å²) in [5, 5.41) is 10.6. The summed E-state index contributed by atoms with van der Waals surface area (Å²) in [6.07, 6.45) is 7.46. The summed E-state index contributed by atoms with van der Waals surface area (Å²) in [6, 6.07) is 14.2. The van der Waals surface area contributed by atoms with E-state index in [2.05, 4.69) is 0 Å². The molecule has 4 aliphatic rings. The molecule has 0 radical (unpaired) electrons. The van der Waals surface area contributed by atoms with Crippen molar-refractivity contribution in [3.63, 3.8) is 0 Å². The highest BCUT2D eigenvalue weighted by Gasteiger charge is 2.72. The molecule has 4 aliphatic heterocycles. The maximum Gasteiger partial charge on any atom is 0.253 e. The summed E-state index contributed by atoms with van der Waals surface area (Å²) >= 11 is 0. The standard InChI is InChI=1S/C35H41N3O5/c1-22(2)18-26(21-39)38-31-34(42)37(27-19-23(3)13-14-24(27)4)17-9-15-35(31)30(33(38)41)29-28(43-35)12-8-16-36(32(29)40)20-25-10-6-5-7-11-25/h5-15,19,22,26,28-31,39H,16-18,20-21H2,1-4H3/t26-,28+,29-,30+,31?,35+/m1/s1. The fourth-order valence-electron chi connectivity index (χ4n) is 7.51. The highest BCUT2D eigenvalue weighted by atomic mass is 16.5. The number of fused-ring (bicyclic) bond motifs is 2. The molecule has 2 aromatic carbocycles. The number of hydrogen-bond acceptors (Lipinski definition) is 5. The first-order chi connectivity index (χ1) is 20.7. The van der Waals surface area contributed by atoms with E-state index in [0.717, 1.165) is 22.4 Å². The summed E-state index contributed by atoms with van der Waals surface area (Å²) < 4.78 is 6.81. The molecule has 1 unspecified atom stereocenters. The van der Waals surface area contributed by atoms with Gasteiger partial charge in [-0.1, -0.05) is 80.6 Å². The highest BCUT2D eigenvalue weighted by molar-refractivity contribution is 6.06. The normalized spacial score (nSPS) is 29.1. The van der Waals surface area contributed by atoms with Crippen LogP contribution in [0.1, 0.15) is 37.0 Å². The summed E-state index contributed by atoms with van der Waals surface area (Å²) in [7, 11) is 0. The Balaban J connectivity index is 1.45. The van der Waals surface area contributed by atoms with Gasteiger partial charge >= 0.3 is 0 Å². The molecule has 0 saturated carbocycles. The van der Waals surface area contributed by atoms with Gasteiger partial charge in [0, 0.05) is 25.3 Å². The minimum absolute atomic E-state index is 0.157. The summed E-state index contributed by atoms with van der Waals surface area (Å²) in [5.41, 5.74) is 2.42. The van der Waals surface area contributed by atoms with Crippen LogP contribution in [0, 0.1) is 31.6 Å². The Labute approximate surface area is 253 Å². The maximum atomic E-state index is 14.8. The number of aliphatic hydroxyl groups is 1. The molecule has 0 bridgehead atoms. The molecule has 8 heteroatoms. The molecule has 0 aliphatic carbocycles. The lowest BCUT2D eigenvalue weighted by Gasteiger charge is -2.39. The quantitative estimate of drug-likeness (QED) is 0.501. The van der Waals surface area contributed by atoms with E-state index < -0.39 is 35.6 Å². The molecule has 2 saturated heterocycles. The first-order valence-electron chi connectivity index (χ1n) is 15.3. The van der Waals surface area contributed by atoms with Gasteiger partial charge in [0.15, 0.2) is 0 Å². The van der Waals surface area contributed by atoms with Crippen molar-refractivity contribution in [1.29, 1.82) is 0 Å². The third-order valence-electron chi connectivity index (χ3n) is 9.40. The van der Waals surface area contributed by atoms with Gasteiger partial charge in [-0.25, -0.2) is 0 Å². The van der Waals surface area contributed by atoms with E-state index in [1.807, 2.05) is 101 Å². The van der Waals surface area contributed by atoms with Crippen LogP contribution >= 0.6 is 0 Å². The summed E-state index contributed by atoms with van der Waals surface area (Å²) in [5.74, 6) is -2.23. The van der Waals surface area contributed by atoms with Crippen LogP contribution in [0.2, 0.25) is 0 Å².